The molecule has 1 unspecified atom stereocenters. The minimum absolute atomic E-state index is 0.0319. The van der Waals surface area contributed by atoms with E-state index in [1.165, 1.54) is 5.56 Å². The van der Waals surface area contributed by atoms with E-state index in [-0.39, 0.29) is 11.8 Å². The lowest BCUT2D eigenvalue weighted by Gasteiger charge is -2.35. The highest BCUT2D eigenvalue weighted by atomic mass is 16.2. The Balaban J connectivity index is 1.48. The van der Waals surface area contributed by atoms with Crippen molar-refractivity contribution in [1.29, 1.82) is 0 Å². The van der Waals surface area contributed by atoms with E-state index in [0.717, 1.165) is 28.1 Å². The van der Waals surface area contributed by atoms with Gasteiger partial charge in [-0.3, -0.25) is 14.3 Å². The van der Waals surface area contributed by atoms with E-state index in [0.29, 0.717) is 38.9 Å². The van der Waals surface area contributed by atoms with Crippen molar-refractivity contribution in [2.75, 3.05) is 13.1 Å². The van der Waals surface area contributed by atoms with E-state index in [2.05, 4.69) is 47.7 Å². The van der Waals surface area contributed by atoms with Gasteiger partial charge < -0.3 is 10.2 Å². The Morgan fingerprint density at radius 2 is 1.91 bits per heavy atom. The third-order valence-electron chi connectivity index (χ3n) is 6.27. The molecule has 6 nitrogen and oxygen atoms in total. The first-order chi connectivity index (χ1) is 15.9. The number of piperazine rings is 1. The van der Waals surface area contributed by atoms with Crippen molar-refractivity contribution in [3.05, 3.63) is 77.1 Å². The van der Waals surface area contributed by atoms with Crippen LogP contribution in [0.1, 0.15) is 35.4 Å². The number of carbonyl (C=O) groups is 2. The van der Waals surface area contributed by atoms with Crippen molar-refractivity contribution >= 4 is 11.8 Å². The van der Waals surface area contributed by atoms with Gasteiger partial charge in [-0.05, 0) is 49.9 Å². The topological polar surface area (TPSA) is 67.2 Å². The minimum Gasteiger partial charge on any atom is -0.353 e. The smallest absolute Gasteiger partial charge is 0.243 e. The highest BCUT2D eigenvalue weighted by Crippen LogP contribution is 2.27. The largest absolute Gasteiger partial charge is 0.353 e. The Kier molecular flexibility index (Phi) is 6.92. The number of aryl methyl sites for hydroxylation is 4. The SMILES string of the molecule is Cc1cccc(-c2ccccc2CC2C(=O)NCCN2C(=O)CCCn2nc(C)cc2C)c1. The number of nitrogens with zero attached hydrogens (tertiary/aromatic N) is 3. The summed E-state index contributed by atoms with van der Waals surface area (Å²) in [6.45, 7) is 7.82. The van der Waals surface area contributed by atoms with Crippen LogP contribution >= 0.6 is 0 Å². The highest BCUT2D eigenvalue weighted by molar-refractivity contribution is 5.89. The molecular formula is C27H32N4O2. The summed E-state index contributed by atoms with van der Waals surface area (Å²) in [5, 5.41) is 7.43. The van der Waals surface area contributed by atoms with Crippen LogP contribution in [0.4, 0.5) is 0 Å². The maximum atomic E-state index is 13.1. The molecule has 0 spiro atoms. The average Bonchev–Trinajstić information content (AvgIpc) is 3.12. The average molecular weight is 445 g/mol. The van der Waals surface area contributed by atoms with E-state index >= 15 is 0 Å². The molecule has 1 saturated heterocycles. The van der Waals surface area contributed by atoms with Crippen LogP contribution in [-0.4, -0.2) is 45.6 Å². The molecule has 3 aromatic rings. The highest BCUT2D eigenvalue weighted by Gasteiger charge is 2.33. The second-order valence-corrected chi connectivity index (χ2v) is 8.88. The Bertz CT molecular complexity index is 1150. The lowest BCUT2D eigenvalue weighted by Crippen LogP contribution is -2.58. The van der Waals surface area contributed by atoms with E-state index < -0.39 is 6.04 Å². The van der Waals surface area contributed by atoms with Gasteiger partial charge in [0.2, 0.25) is 11.8 Å². The number of benzene rings is 2. The van der Waals surface area contributed by atoms with Gasteiger partial charge in [-0.2, -0.15) is 5.10 Å². The van der Waals surface area contributed by atoms with Crippen LogP contribution in [0, 0.1) is 20.8 Å². The number of nitrogens with one attached hydrogen (secondary N) is 1. The van der Waals surface area contributed by atoms with Crippen molar-refractivity contribution in [2.45, 2.75) is 52.6 Å². The van der Waals surface area contributed by atoms with Gasteiger partial charge in [0.05, 0.1) is 5.69 Å². The van der Waals surface area contributed by atoms with Crippen LogP contribution in [0.3, 0.4) is 0 Å². The van der Waals surface area contributed by atoms with Crippen molar-refractivity contribution in [1.82, 2.24) is 20.0 Å². The molecule has 2 heterocycles. The standard InChI is InChI=1S/C27H32N4O2/c1-19-8-6-10-22(16-19)24-11-5-4-9-23(24)18-25-27(33)28-13-15-30(25)26(32)12-7-14-31-21(3)17-20(2)29-31/h4-6,8-11,16-17,25H,7,12-15,18H2,1-3H3,(H,28,33). The van der Waals surface area contributed by atoms with E-state index in [9.17, 15) is 9.59 Å². The molecule has 2 aromatic carbocycles. The van der Waals surface area contributed by atoms with Gasteiger partial charge in [-0.15, -0.1) is 0 Å². The number of amides is 2. The van der Waals surface area contributed by atoms with Gasteiger partial charge in [0.15, 0.2) is 0 Å². The fourth-order valence-electron chi connectivity index (χ4n) is 4.64. The molecule has 0 saturated carbocycles. The van der Waals surface area contributed by atoms with Gasteiger partial charge in [-0.1, -0.05) is 54.1 Å². The minimum atomic E-state index is -0.495. The normalized spacial score (nSPS) is 16.0. The van der Waals surface area contributed by atoms with E-state index in [4.69, 9.17) is 0 Å². The Labute approximate surface area is 195 Å². The molecule has 172 valence electrons. The second-order valence-electron chi connectivity index (χ2n) is 8.88. The molecule has 1 atom stereocenters. The van der Waals surface area contributed by atoms with Crippen LogP contribution in [0.2, 0.25) is 0 Å². The lowest BCUT2D eigenvalue weighted by molar-refractivity contribution is -0.143. The molecule has 6 heteroatoms. The third-order valence-corrected chi connectivity index (χ3v) is 6.27. The summed E-state index contributed by atoms with van der Waals surface area (Å²) in [5.74, 6) is -0.0448. The number of hydrogen-bond acceptors (Lipinski definition) is 3. The number of carbonyl (C=O) groups excluding carboxylic acids is 2. The van der Waals surface area contributed by atoms with Crippen molar-refractivity contribution in [2.24, 2.45) is 0 Å². The van der Waals surface area contributed by atoms with Gasteiger partial charge >= 0.3 is 0 Å². The molecule has 0 bridgehead atoms. The van der Waals surface area contributed by atoms with Crippen molar-refractivity contribution in [3.63, 3.8) is 0 Å². The van der Waals surface area contributed by atoms with Gasteiger partial charge in [-0.25, -0.2) is 0 Å². The molecule has 33 heavy (non-hydrogen) atoms. The fourth-order valence-corrected chi connectivity index (χ4v) is 4.64. The molecular weight excluding hydrogens is 412 g/mol. The first-order valence-corrected chi connectivity index (χ1v) is 11.7. The van der Waals surface area contributed by atoms with Crippen LogP contribution in [0.25, 0.3) is 11.1 Å². The first kappa shape index (κ1) is 22.8. The van der Waals surface area contributed by atoms with Crippen LogP contribution < -0.4 is 5.32 Å². The zero-order valence-corrected chi connectivity index (χ0v) is 19.7. The summed E-state index contributed by atoms with van der Waals surface area (Å²) in [5.41, 5.74) is 6.59. The Morgan fingerprint density at radius 1 is 1.09 bits per heavy atom. The van der Waals surface area contributed by atoms with E-state index in [1.54, 1.807) is 4.90 Å². The third kappa shape index (κ3) is 5.33. The summed E-state index contributed by atoms with van der Waals surface area (Å²) in [4.78, 5) is 27.8. The van der Waals surface area contributed by atoms with Crippen LogP contribution in [-0.2, 0) is 22.6 Å². The van der Waals surface area contributed by atoms with Gasteiger partial charge in [0.1, 0.15) is 6.04 Å². The Hall–Kier alpha value is -3.41. The number of hydrogen-bond donors (Lipinski definition) is 1. The van der Waals surface area contributed by atoms with Gasteiger partial charge in [0, 0.05) is 38.2 Å². The summed E-state index contributed by atoms with van der Waals surface area (Å²) in [6.07, 6.45) is 1.60. The van der Waals surface area contributed by atoms with Gasteiger partial charge in [0.25, 0.3) is 0 Å². The van der Waals surface area contributed by atoms with Crippen molar-refractivity contribution < 1.29 is 9.59 Å². The maximum Gasteiger partial charge on any atom is 0.243 e. The zero-order valence-electron chi connectivity index (χ0n) is 19.7. The molecule has 1 fully saturated rings. The van der Waals surface area contributed by atoms with Crippen molar-refractivity contribution in [3.8, 4) is 11.1 Å². The molecule has 1 aromatic heterocycles. The summed E-state index contributed by atoms with van der Waals surface area (Å²) in [7, 11) is 0. The van der Waals surface area contributed by atoms with Crippen LogP contribution in [0.15, 0.2) is 54.6 Å². The molecule has 1 aliphatic heterocycles. The fraction of sp³-hybridized carbons (Fsp3) is 0.370. The number of aromatic nitrogens is 2. The zero-order chi connectivity index (χ0) is 23.4. The first-order valence-electron chi connectivity index (χ1n) is 11.7. The quantitative estimate of drug-likeness (QED) is 0.602. The van der Waals surface area contributed by atoms with Crippen LogP contribution in [0.5, 0.6) is 0 Å². The van der Waals surface area contributed by atoms with E-state index in [1.807, 2.05) is 42.8 Å². The predicted octanol–water partition coefficient (Wildman–Crippen LogP) is 3.83. The lowest BCUT2D eigenvalue weighted by atomic mass is 9.93. The summed E-state index contributed by atoms with van der Waals surface area (Å²) in [6, 6.07) is 18.1. The monoisotopic (exact) mass is 444 g/mol. The molecule has 1 aliphatic rings. The molecule has 0 aliphatic carbocycles. The number of rotatable bonds is 7. The molecule has 2 amide bonds. The Morgan fingerprint density at radius 3 is 2.67 bits per heavy atom. The molecule has 1 N–H and O–H groups in total. The maximum absolute atomic E-state index is 13.1. The second kappa shape index (κ2) is 10.0. The molecule has 4 rings (SSSR count). The summed E-state index contributed by atoms with van der Waals surface area (Å²) >= 11 is 0. The summed E-state index contributed by atoms with van der Waals surface area (Å²) < 4.78 is 1.95. The predicted molar refractivity (Wildman–Crippen MR) is 130 cm³/mol. The molecule has 0 radical (unpaired) electrons.